The average Bonchev–Trinajstić information content (AvgIpc) is 2.50. The highest BCUT2D eigenvalue weighted by Gasteiger charge is 2.22. The molecular formula is C13H16ClNO2. The van der Waals surface area contributed by atoms with Gasteiger partial charge in [-0.1, -0.05) is 26.0 Å². The molecule has 4 heteroatoms. The van der Waals surface area contributed by atoms with E-state index < -0.39 is 0 Å². The number of nitrogens with zero attached hydrogens (tertiary/aromatic N) is 1. The summed E-state index contributed by atoms with van der Waals surface area (Å²) in [5, 5.41) is 0. The van der Waals surface area contributed by atoms with Gasteiger partial charge in [0.05, 0.1) is 11.3 Å². The summed E-state index contributed by atoms with van der Waals surface area (Å²) >= 11 is 5.72. The molecule has 92 valence electrons. The maximum atomic E-state index is 12.0. The van der Waals surface area contributed by atoms with Crippen molar-refractivity contribution in [3.05, 3.63) is 41.8 Å². The standard InChI is InChI=1S/C11H10ClNO2.C2H6/c1-8-6-15-10-5-3-2-4-9(10)11(14)13(8)7-12;1-2/h2-6H,7H2,1H3;1-2H3. The molecule has 0 aromatic heterocycles. The first-order chi connectivity index (χ1) is 8.24. The van der Waals surface area contributed by atoms with Gasteiger partial charge in [-0.2, -0.15) is 0 Å². The molecule has 0 spiro atoms. The topological polar surface area (TPSA) is 29.5 Å². The number of benzene rings is 1. The summed E-state index contributed by atoms with van der Waals surface area (Å²) in [6.07, 6.45) is 1.53. The van der Waals surface area contributed by atoms with E-state index in [1.54, 1.807) is 25.1 Å². The lowest BCUT2D eigenvalue weighted by molar-refractivity contribution is 0.0830. The predicted molar refractivity (Wildman–Crippen MR) is 69.1 cm³/mol. The Labute approximate surface area is 107 Å². The third-order valence-corrected chi connectivity index (χ3v) is 2.50. The summed E-state index contributed by atoms with van der Waals surface area (Å²) in [4.78, 5) is 13.5. The fourth-order valence-corrected chi connectivity index (χ4v) is 1.71. The van der Waals surface area contributed by atoms with Crippen molar-refractivity contribution in [2.24, 2.45) is 0 Å². The smallest absolute Gasteiger partial charge is 0.262 e. The first kappa shape index (κ1) is 13.6. The fourth-order valence-electron chi connectivity index (χ4n) is 1.41. The molecule has 1 aliphatic heterocycles. The Hall–Kier alpha value is -1.48. The quantitative estimate of drug-likeness (QED) is 0.565. The molecular weight excluding hydrogens is 238 g/mol. The van der Waals surface area contributed by atoms with Crippen molar-refractivity contribution in [3.8, 4) is 5.75 Å². The number of hydrogen-bond acceptors (Lipinski definition) is 2. The lowest BCUT2D eigenvalue weighted by Crippen LogP contribution is -2.27. The minimum absolute atomic E-state index is 0.124. The predicted octanol–water partition coefficient (Wildman–Crippen LogP) is 3.61. The van der Waals surface area contributed by atoms with E-state index in [0.29, 0.717) is 17.0 Å². The van der Waals surface area contributed by atoms with Crippen LogP contribution in [0.5, 0.6) is 5.75 Å². The van der Waals surface area contributed by atoms with E-state index in [4.69, 9.17) is 16.3 Å². The Morgan fingerprint density at radius 2 is 1.94 bits per heavy atom. The van der Waals surface area contributed by atoms with Gasteiger partial charge in [-0.25, -0.2) is 0 Å². The SMILES string of the molecule is CC.CC1=COc2ccccc2C(=O)N1CCl. The number of rotatable bonds is 1. The van der Waals surface area contributed by atoms with Crippen LogP contribution in [-0.2, 0) is 0 Å². The Balaban J connectivity index is 0.000000686. The minimum Gasteiger partial charge on any atom is -0.462 e. The van der Waals surface area contributed by atoms with Crippen LogP contribution in [0.1, 0.15) is 31.1 Å². The molecule has 0 N–H and O–H groups in total. The molecule has 0 unspecified atom stereocenters. The van der Waals surface area contributed by atoms with Gasteiger partial charge in [0.2, 0.25) is 0 Å². The van der Waals surface area contributed by atoms with Crippen LogP contribution in [0.2, 0.25) is 0 Å². The second-order valence-electron chi connectivity index (χ2n) is 3.23. The summed E-state index contributed by atoms with van der Waals surface area (Å²) in [5.74, 6) is 0.432. The number of halogens is 1. The number of ether oxygens (including phenoxy) is 1. The Morgan fingerprint density at radius 1 is 1.29 bits per heavy atom. The van der Waals surface area contributed by atoms with Crippen molar-refractivity contribution in [1.29, 1.82) is 0 Å². The number of alkyl halides is 1. The van der Waals surface area contributed by atoms with Gasteiger partial charge in [-0.3, -0.25) is 9.69 Å². The molecule has 0 aliphatic carbocycles. The van der Waals surface area contributed by atoms with Crippen LogP contribution in [-0.4, -0.2) is 16.8 Å². The van der Waals surface area contributed by atoms with Gasteiger partial charge in [-0.15, -0.1) is 11.6 Å². The largest absolute Gasteiger partial charge is 0.462 e. The van der Waals surface area contributed by atoms with Crippen LogP contribution in [0.25, 0.3) is 0 Å². The zero-order valence-corrected chi connectivity index (χ0v) is 11.0. The molecule has 0 saturated heterocycles. The maximum Gasteiger partial charge on any atom is 0.262 e. The van der Waals surface area contributed by atoms with Crippen molar-refractivity contribution in [3.63, 3.8) is 0 Å². The summed E-state index contributed by atoms with van der Waals surface area (Å²) < 4.78 is 5.38. The zero-order chi connectivity index (χ0) is 12.8. The van der Waals surface area contributed by atoms with Crippen LogP contribution < -0.4 is 4.74 Å². The number of fused-ring (bicyclic) bond motifs is 1. The molecule has 0 fully saturated rings. The summed E-state index contributed by atoms with van der Waals surface area (Å²) in [5.41, 5.74) is 1.23. The van der Waals surface area contributed by atoms with Gasteiger partial charge in [0, 0.05) is 0 Å². The lowest BCUT2D eigenvalue weighted by atomic mass is 10.2. The van der Waals surface area contributed by atoms with E-state index in [0.717, 1.165) is 0 Å². The summed E-state index contributed by atoms with van der Waals surface area (Å²) in [7, 11) is 0. The molecule has 1 aliphatic rings. The maximum absolute atomic E-state index is 12.0. The highest BCUT2D eigenvalue weighted by molar-refractivity contribution is 6.19. The normalized spacial score (nSPS) is 13.8. The third kappa shape index (κ3) is 2.80. The molecule has 1 amide bonds. The van der Waals surface area contributed by atoms with E-state index in [2.05, 4.69) is 0 Å². The van der Waals surface area contributed by atoms with E-state index in [1.165, 1.54) is 11.2 Å². The third-order valence-electron chi connectivity index (χ3n) is 2.26. The molecule has 0 radical (unpaired) electrons. The van der Waals surface area contributed by atoms with E-state index in [9.17, 15) is 4.79 Å². The number of para-hydroxylation sites is 1. The first-order valence-electron chi connectivity index (χ1n) is 5.54. The van der Waals surface area contributed by atoms with E-state index in [1.807, 2.05) is 19.9 Å². The van der Waals surface area contributed by atoms with Gasteiger partial charge in [-0.05, 0) is 19.1 Å². The molecule has 0 atom stereocenters. The second kappa shape index (κ2) is 6.30. The van der Waals surface area contributed by atoms with Gasteiger partial charge in [0.15, 0.2) is 0 Å². The molecule has 1 heterocycles. The average molecular weight is 254 g/mol. The first-order valence-corrected chi connectivity index (χ1v) is 6.08. The molecule has 2 rings (SSSR count). The molecule has 17 heavy (non-hydrogen) atoms. The van der Waals surface area contributed by atoms with Crippen molar-refractivity contribution in [2.45, 2.75) is 20.8 Å². The van der Waals surface area contributed by atoms with Crippen molar-refractivity contribution in [2.75, 3.05) is 6.00 Å². The number of hydrogen-bond donors (Lipinski definition) is 0. The van der Waals surface area contributed by atoms with Crippen molar-refractivity contribution in [1.82, 2.24) is 4.90 Å². The van der Waals surface area contributed by atoms with Crippen LogP contribution in [0.4, 0.5) is 0 Å². The lowest BCUT2D eigenvalue weighted by Gasteiger charge is -2.17. The minimum atomic E-state index is -0.133. The van der Waals surface area contributed by atoms with Gasteiger partial charge in [0.1, 0.15) is 18.0 Å². The molecule has 1 aromatic rings. The number of amides is 1. The van der Waals surface area contributed by atoms with E-state index >= 15 is 0 Å². The monoisotopic (exact) mass is 253 g/mol. The molecule has 0 bridgehead atoms. The number of allylic oxidation sites excluding steroid dienone is 1. The molecule has 1 aromatic carbocycles. The number of carbonyl (C=O) groups is 1. The van der Waals surface area contributed by atoms with Gasteiger partial charge >= 0.3 is 0 Å². The van der Waals surface area contributed by atoms with Crippen LogP contribution in [0.15, 0.2) is 36.2 Å². The Morgan fingerprint density at radius 3 is 2.59 bits per heavy atom. The van der Waals surface area contributed by atoms with Crippen molar-refractivity contribution >= 4 is 17.5 Å². The Bertz CT molecular complexity index is 429. The molecule has 0 saturated carbocycles. The summed E-state index contributed by atoms with van der Waals surface area (Å²) in [6, 6.07) is 7.23. The zero-order valence-electron chi connectivity index (χ0n) is 10.2. The highest BCUT2D eigenvalue weighted by atomic mass is 35.5. The summed E-state index contributed by atoms with van der Waals surface area (Å²) in [6.45, 7) is 5.78. The van der Waals surface area contributed by atoms with Crippen molar-refractivity contribution < 1.29 is 9.53 Å². The fraction of sp³-hybridized carbons (Fsp3) is 0.308. The van der Waals surface area contributed by atoms with Crippen LogP contribution in [0, 0.1) is 0 Å². The highest BCUT2D eigenvalue weighted by Crippen LogP contribution is 2.25. The number of carbonyl (C=O) groups excluding carboxylic acids is 1. The van der Waals surface area contributed by atoms with Crippen LogP contribution >= 0.6 is 11.6 Å². The van der Waals surface area contributed by atoms with E-state index in [-0.39, 0.29) is 11.9 Å². The second-order valence-corrected chi connectivity index (χ2v) is 3.46. The Kier molecular flexibility index (Phi) is 5.04. The van der Waals surface area contributed by atoms with Gasteiger partial charge in [0.25, 0.3) is 5.91 Å². The van der Waals surface area contributed by atoms with Crippen LogP contribution in [0.3, 0.4) is 0 Å². The molecule has 3 nitrogen and oxygen atoms in total. The van der Waals surface area contributed by atoms with Gasteiger partial charge < -0.3 is 4.74 Å².